The summed E-state index contributed by atoms with van der Waals surface area (Å²) in [6, 6.07) is 3.51. The first-order valence-corrected chi connectivity index (χ1v) is 3.56. The number of nitriles is 1. The largest absolute Gasteiger partial charge is 0.486 e. The molecule has 4 nitrogen and oxygen atoms in total. The van der Waals surface area contributed by atoms with Crippen LogP contribution in [0.5, 0.6) is 11.5 Å². The van der Waals surface area contributed by atoms with Gasteiger partial charge in [-0.1, -0.05) is 0 Å². The molecular weight excluding hydrogens is 156 g/mol. The third kappa shape index (κ3) is 1.05. The molecule has 60 valence electrons. The smallest absolute Gasteiger partial charge is 0.179 e. The molecule has 0 radical (unpaired) electrons. The van der Waals surface area contributed by atoms with Gasteiger partial charge in [-0.2, -0.15) is 5.26 Å². The van der Waals surface area contributed by atoms with E-state index in [2.05, 4.69) is 4.98 Å². The van der Waals surface area contributed by atoms with Crippen molar-refractivity contribution in [3.8, 4) is 17.6 Å². The summed E-state index contributed by atoms with van der Waals surface area (Å²) in [6.07, 6.45) is 1.51. The van der Waals surface area contributed by atoms with Crippen LogP contribution in [0.4, 0.5) is 0 Å². The lowest BCUT2D eigenvalue weighted by Gasteiger charge is -2.17. The zero-order chi connectivity index (χ0) is 8.39. The highest BCUT2D eigenvalue weighted by Gasteiger charge is 2.11. The van der Waals surface area contributed by atoms with Crippen molar-refractivity contribution in [2.75, 3.05) is 13.2 Å². The van der Waals surface area contributed by atoms with E-state index in [1.165, 1.54) is 6.20 Å². The van der Waals surface area contributed by atoms with Gasteiger partial charge in [-0.3, -0.25) is 0 Å². The minimum absolute atomic E-state index is 0.347. The number of hydrogen-bond acceptors (Lipinski definition) is 4. The Morgan fingerprint density at radius 2 is 2.08 bits per heavy atom. The molecule has 2 rings (SSSR count). The van der Waals surface area contributed by atoms with Crippen LogP contribution in [0.1, 0.15) is 5.69 Å². The minimum Gasteiger partial charge on any atom is -0.486 e. The fourth-order valence-electron chi connectivity index (χ4n) is 1.01. The van der Waals surface area contributed by atoms with Crippen molar-refractivity contribution in [2.24, 2.45) is 0 Å². The van der Waals surface area contributed by atoms with Crippen LogP contribution in [0.15, 0.2) is 12.3 Å². The number of aromatic nitrogens is 1. The lowest BCUT2D eigenvalue weighted by atomic mass is 10.3. The Kier molecular flexibility index (Phi) is 1.56. The molecule has 0 saturated carbocycles. The van der Waals surface area contributed by atoms with E-state index in [0.717, 1.165) is 0 Å². The summed E-state index contributed by atoms with van der Waals surface area (Å²) in [5.74, 6) is 1.22. The third-order valence-electron chi connectivity index (χ3n) is 1.54. The molecule has 1 aromatic rings. The summed E-state index contributed by atoms with van der Waals surface area (Å²) in [5, 5.41) is 8.53. The summed E-state index contributed by atoms with van der Waals surface area (Å²) in [6.45, 7) is 1.07. The molecule has 0 amide bonds. The van der Waals surface area contributed by atoms with Gasteiger partial charge in [0.25, 0.3) is 0 Å². The molecular formula is C8H6N2O2. The van der Waals surface area contributed by atoms with Gasteiger partial charge in [-0.25, -0.2) is 4.98 Å². The fourth-order valence-corrected chi connectivity index (χ4v) is 1.01. The highest BCUT2D eigenvalue weighted by atomic mass is 16.6. The molecule has 0 unspecified atom stereocenters. The van der Waals surface area contributed by atoms with E-state index in [1.54, 1.807) is 6.07 Å². The van der Waals surface area contributed by atoms with Crippen LogP contribution in [0.3, 0.4) is 0 Å². The zero-order valence-corrected chi connectivity index (χ0v) is 6.28. The highest BCUT2D eigenvalue weighted by molar-refractivity contribution is 5.42. The van der Waals surface area contributed by atoms with Crippen LogP contribution in [-0.4, -0.2) is 18.2 Å². The minimum atomic E-state index is 0.347. The lowest BCUT2D eigenvalue weighted by Crippen LogP contribution is -2.15. The van der Waals surface area contributed by atoms with Crippen LogP contribution in [-0.2, 0) is 0 Å². The molecule has 0 N–H and O–H groups in total. The molecule has 0 atom stereocenters. The van der Waals surface area contributed by atoms with Crippen molar-refractivity contribution in [3.05, 3.63) is 18.0 Å². The number of rotatable bonds is 0. The average Bonchev–Trinajstić information content (AvgIpc) is 2.17. The van der Waals surface area contributed by atoms with Crippen molar-refractivity contribution < 1.29 is 9.47 Å². The average molecular weight is 162 g/mol. The first kappa shape index (κ1) is 6.92. The second-order valence-corrected chi connectivity index (χ2v) is 2.33. The Hall–Kier alpha value is -1.76. The van der Waals surface area contributed by atoms with Crippen LogP contribution in [0.25, 0.3) is 0 Å². The number of pyridine rings is 1. The summed E-state index contributed by atoms with van der Waals surface area (Å²) in [4.78, 5) is 3.84. The van der Waals surface area contributed by atoms with E-state index >= 15 is 0 Å². The Morgan fingerprint density at radius 1 is 1.33 bits per heavy atom. The molecule has 0 bridgehead atoms. The maximum atomic E-state index is 8.53. The van der Waals surface area contributed by atoms with E-state index in [0.29, 0.717) is 30.4 Å². The summed E-state index contributed by atoms with van der Waals surface area (Å²) in [5.41, 5.74) is 0.347. The zero-order valence-electron chi connectivity index (χ0n) is 6.28. The predicted octanol–water partition coefficient (Wildman–Crippen LogP) is 0.724. The molecule has 0 saturated heterocycles. The van der Waals surface area contributed by atoms with E-state index < -0.39 is 0 Å². The van der Waals surface area contributed by atoms with Gasteiger partial charge < -0.3 is 9.47 Å². The summed E-state index contributed by atoms with van der Waals surface area (Å²) >= 11 is 0. The number of nitrogens with zero attached hydrogens (tertiary/aromatic N) is 2. The summed E-state index contributed by atoms with van der Waals surface area (Å²) < 4.78 is 10.5. The van der Waals surface area contributed by atoms with Gasteiger partial charge >= 0.3 is 0 Å². The van der Waals surface area contributed by atoms with Crippen molar-refractivity contribution in [2.45, 2.75) is 0 Å². The van der Waals surface area contributed by atoms with Gasteiger partial charge in [0, 0.05) is 6.07 Å². The second kappa shape index (κ2) is 2.70. The molecule has 0 fully saturated rings. The quantitative estimate of drug-likeness (QED) is 0.564. The lowest BCUT2D eigenvalue weighted by molar-refractivity contribution is 0.170. The summed E-state index contributed by atoms with van der Waals surface area (Å²) in [7, 11) is 0. The fraction of sp³-hybridized carbons (Fsp3) is 0.250. The first-order valence-electron chi connectivity index (χ1n) is 3.56. The molecule has 1 aliphatic heterocycles. The predicted molar refractivity (Wildman–Crippen MR) is 39.9 cm³/mol. The van der Waals surface area contributed by atoms with Crippen molar-refractivity contribution in [1.29, 1.82) is 5.26 Å². The number of hydrogen-bond donors (Lipinski definition) is 0. The maximum absolute atomic E-state index is 8.53. The Morgan fingerprint density at radius 3 is 2.83 bits per heavy atom. The molecule has 0 aromatic carbocycles. The van der Waals surface area contributed by atoms with Crippen molar-refractivity contribution in [3.63, 3.8) is 0 Å². The van der Waals surface area contributed by atoms with Crippen LogP contribution in [0, 0.1) is 11.3 Å². The third-order valence-corrected chi connectivity index (χ3v) is 1.54. The van der Waals surface area contributed by atoms with E-state index in [-0.39, 0.29) is 0 Å². The van der Waals surface area contributed by atoms with E-state index in [1.807, 2.05) is 6.07 Å². The Bertz CT molecular complexity index is 343. The molecule has 1 aromatic heterocycles. The molecule has 1 aliphatic rings. The van der Waals surface area contributed by atoms with Gasteiger partial charge in [-0.15, -0.1) is 0 Å². The van der Waals surface area contributed by atoms with Gasteiger partial charge in [-0.05, 0) is 0 Å². The molecule has 0 spiro atoms. The second-order valence-electron chi connectivity index (χ2n) is 2.33. The van der Waals surface area contributed by atoms with Crippen LogP contribution >= 0.6 is 0 Å². The Balaban J connectivity index is 2.44. The van der Waals surface area contributed by atoms with Gasteiger partial charge in [0.05, 0.1) is 6.20 Å². The maximum Gasteiger partial charge on any atom is 0.179 e. The first-order chi connectivity index (χ1) is 5.90. The SMILES string of the molecule is N#Cc1cc2c(cn1)OCCO2. The topological polar surface area (TPSA) is 55.1 Å². The van der Waals surface area contributed by atoms with Crippen molar-refractivity contribution >= 4 is 0 Å². The van der Waals surface area contributed by atoms with Gasteiger partial charge in [0.2, 0.25) is 0 Å². The normalized spacial score (nSPS) is 13.6. The molecule has 4 heteroatoms. The van der Waals surface area contributed by atoms with Gasteiger partial charge in [0.1, 0.15) is 25.0 Å². The molecule has 0 aliphatic carbocycles. The monoisotopic (exact) mass is 162 g/mol. The van der Waals surface area contributed by atoms with Gasteiger partial charge in [0.15, 0.2) is 11.5 Å². The number of fused-ring (bicyclic) bond motifs is 1. The Labute approximate surface area is 69.4 Å². The van der Waals surface area contributed by atoms with Crippen LogP contribution < -0.4 is 9.47 Å². The highest BCUT2D eigenvalue weighted by Crippen LogP contribution is 2.28. The van der Waals surface area contributed by atoms with E-state index in [9.17, 15) is 0 Å². The molecule has 2 heterocycles. The molecule has 12 heavy (non-hydrogen) atoms. The van der Waals surface area contributed by atoms with Crippen LogP contribution in [0.2, 0.25) is 0 Å². The van der Waals surface area contributed by atoms with Crippen molar-refractivity contribution in [1.82, 2.24) is 4.98 Å². The van der Waals surface area contributed by atoms with E-state index in [4.69, 9.17) is 14.7 Å². The number of ether oxygens (including phenoxy) is 2. The standard InChI is InChI=1S/C8H6N2O2/c9-4-6-3-7-8(5-10-6)12-2-1-11-7/h3,5H,1-2H2.